The van der Waals surface area contributed by atoms with Crippen molar-refractivity contribution in [2.45, 2.75) is 45.1 Å². The van der Waals surface area contributed by atoms with E-state index in [0.29, 0.717) is 5.56 Å². The molecule has 0 radical (unpaired) electrons. The summed E-state index contributed by atoms with van der Waals surface area (Å²) in [5, 5.41) is 4.36. The maximum atomic E-state index is 12.5. The van der Waals surface area contributed by atoms with Crippen molar-refractivity contribution in [3.8, 4) is 11.4 Å². The highest BCUT2D eigenvalue weighted by atomic mass is 16.5. The molecule has 2 aliphatic rings. The first-order chi connectivity index (χ1) is 13.7. The Bertz CT molecular complexity index is 780. The average molecular weight is 383 g/mol. The molecule has 1 aromatic heterocycles. The van der Waals surface area contributed by atoms with Gasteiger partial charge in [-0.05, 0) is 69.8 Å². The normalized spacial score (nSPS) is 20.0. The minimum atomic E-state index is 0.0797. The molecule has 2 aliphatic heterocycles. The number of likely N-dealkylation sites (tertiary alicyclic amines) is 2. The van der Waals surface area contributed by atoms with Gasteiger partial charge in [-0.3, -0.25) is 4.79 Å². The molecule has 0 saturated carbocycles. The fourth-order valence-corrected chi connectivity index (χ4v) is 4.15. The lowest BCUT2D eigenvalue weighted by Crippen LogP contribution is -2.28. The number of aromatic nitrogens is 2. The van der Waals surface area contributed by atoms with Crippen LogP contribution in [-0.4, -0.2) is 64.3 Å². The molecular weight excluding hydrogens is 352 g/mol. The van der Waals surface area contributed by atoms with E-state index in [1.807, 2.05) is 35.4 Å². The third-order valence-electron chi connectivity index (χ3n) is 5.87. The van der Waals surface area contributed by atoms with Crippen LogP contribution in [-0.2, 0) is 0 Å². The second-order valence-corrected chi connectivity index (χ2v) is 7.90. The van der Waals surface area contributed by atoms with Gasteiger partial charge in [-0.1, -0.05) is 0 Å². The predicted octanol–water partition coefficient (Wildman–Crippen LogP) is 3.36. The van der Waals surface area contributed by atoms with Crippen LogP contribution in [0.25, 0.3) is 5.69 Å². The maximum absolute atomic E-state index is 12.5. The minimum absolute atomic E-state index is 0.0797. The van der Waals surface area contributed by atoms with Crippen molar-refractivity contribution >= 4 is 5.91 Å². The van der Waals surface area contributed by atoms with Crippen molar-refractivity contribution in [3.05, 3.63) is 42.2 Å². The maximum Gasteiger partial charge on any atom is 0.257 e. The summed E-state index contributed by atoms with van der Waals surface area (Å²) in [7, 11) is 0. The van der Waals surface area contributed by atoms with Gasteiger partial charge in [-0.15, -0.1) is 0 Å². The van der Waals surface area contributed by atoms with E-state index >= 15 is 0 Å². The van der Waals surface area contributed by atoms with E-state index in [4.69, 9.17) is 4.74 Å². The summed E-state index contributed by atoms with van der Waals surface area (Å²) < 4.78 is 7.64. The average Bonchev–Trinajstić information content (AvgIpc) is 3.47. The van der Waals surface area contributed by atoms with Gasteiger partial charge in [0, 0.05) is 31.9 Å². The van der Waals surface area contributed by atoms with Crippen LogP contribution in [0, 0.1) is 0 Å². The Kier molecular flexibility index (Phi) is 5.95. The van der Waals surface area contributed by atoms with Crippen molar-refractivity contribution in [2.75, 3.05) is 32.8 Å². The van der Waals surface area contributed by atoms with E-state index in [1.54, 1.807) is 10.9 Å². The summed E-state index contributed by atoms with van der Waals surface area (Å²) in [6, 6.07) is 8.62. The molecule has 1 amide bonds. The quantitative estimate of drug-likeness (QED) is 0.689. The molecule has 150 valence electrons. The highest BCUT2D eigenvalue weighted by Crippen LogP contribution is 2.19. The molecule has 0 aliphatic carbocycles. The monoisotopic (exact) mass is 382 g/mol. The van der Waals surface area contributed by atoms with E-state index in [1.165, 1.54) is 19.4 Å². The van der Waals surface area contributed by atoms with Crippen molar-refractivity contribution in [1.82, 2.24) is 19.6 Å². The number of nitrogens with zero attached hydrogens (tertiary/aromatic N) is 4. The van der Waals surface area contributed by atoms with Gasteiger partial charge < -0.3 is 14.5 Å². The number of carbonyl (C=O) groups excluding carboxylic acids is 1. The van der Waals surface area contributed by atoms with Crippen LogP contribution in [0.5, 0.6) is 5.75 Å². The Morgan fingerprint density at radius 2 is 1.93 bits per heavy atom. The number of rotatable bonds is 7. The summed E-state index contributed by atoms with van der Waals surface area (Å²) in [6.45, 7) is 7.09. The van der Waals surface area contributed by atoms with Gasteiger partial charge >= 0.3 is 0 Å². The van der Waals surface area contributed by atoms with E-state index in [0.717, 1.165) is 63.0 Å². The SMILES string of the molecule is C[C@@H]1CCCN1CCCOc1ccc(-n2cc(C(=O)N3CCCC3)cn2)cc1. The highest BCUT2D eigenvalue weighted by molar-refractivity contribution is 5.94. The number of hydrogen-bond acceptors (Lipinski definition) is 4. The van der Waals surface area contributed by atoms with Crippen LogP contribution in [0.1, 0.15) is 49.4 Å². The van der Waals surface area contributed by atoms with E-state index < -0.39 is 0 Å². The molecular formula is C22H30N4O2. The number of carbonyl (C=O) groups is 1. The summed E-state index contributed by atoms with van der Waals surface area (Å²) in [5.74, 6) is 0.953. The molecule has 3 heterocycles. The molecule has 2 fully saturated rings. The van der Waals surface area contributed by atoms with Gasteiger partial charge in [0.1, 0.15) is 5.75 Å². The van der Waals surface area contributed by atoms with E-state index in [2.05, 4.69) is 16.9 Å². The summed E-state index contributed by atoms with van der Waals surface area (Å²) in [4.78, 5) is 16.9. The summed E-state index contributed by atoms with van der Waals surface area (Å²) >= 11 is 0. The van der Waals surface area contributed by atoms with Crippen LogP contribution in [0.15, 0.2) is 36.7 Å². The molecule has 4 rings (SSSR count). The van der Waals surface area contributed by atoms with Crippen LogP contribution < -0.4 is 4.74 Å². The highest BCUT2D eigenvalue weighted by Gasteiger charge is 2.21. The first-order valence-electron chi connectivity index (χ1n) is 10.5. The van der Waals surface area contributed by atoms with Crippen molar-refractivity contribution in [1.29, 1.82) is 0 Å². The first kappa shape index (κ1) is 19.0. The smallest absolute Gasteiger partial charge is 0.257 e. The Morgan fingerprint density at radius 1 is 1.14 bits per heavy atom. The number of ether oxygens (including phenoxy) is 1. The first-order valence-corrected chi connectivity index (χ1v) is 10.5. The Morgan fingerprint density at radius 3 is 2.64 bits per heavy atom. The van der Waals surface area contributed by atoms with Gasteiger partial charge in [0.25, 0.3) is 5.91 Å². The lowest BCUT2D eigenvalue weighted by molar-refractivity contribution is 0.0793. The zero-order chi connectivity index (χ0) is 19.3. The van der Waals surface area contributed by atoms with Gasteiger partial charge in [0.05, 0.1) is 24.1 Å². The fourth-order valence-electron chi connectivity index (χ4n) is 4.15. The molecule has 6 heteroatoms. The predicted molar refractivity (Wildman–Crippen MR) is 109 cm³/mol. The van der Waals surface area contributed by atoms with Crippen LogP contribution in [0.4, 0.5) is 0 Å². The molecule has 0 unspecified atom stereocenters. The Hall–Kier alpha value is -2.34. The van der Waals surface area contributed by atoms with Crippen LogP contribution >= 0.6 is 0 Å². The van der Waals surface area contributed by atoms with Gasteiger partial charge in [-0.25, -0.2) is 4.68 Å². The summed E-state index contributed by atoms with van der Waals surface area (Å²) in [5.41, 5.74) is 1.58. The standard InChI is InChI=1S/C22H30N4O2/c1-18-6-4-13-24(18)14-5-15-28-21-9-7-20(8-10-21)26-17-19(16-23-26)22(27)25-11-2-3-12-25/h7-10,16-18H,2-6,11-15H2,1H3/t18-/m1/s1. The lowest BCUT2D eigenvalue weighted by atomic mass is 10.2. The summed E-state index contributed by atoms with van der Waals surface area (Å²) in [6.07, 6.45) is 9.35. The Balaban J connectivity index is 1.28. The molecule has 0 N–H and O–H groups in total. The van der Waals surface area contributed by atoms with Crippen LogP contribution in [0.3, 0.4) is 0 Å². The minimum Gasteiger partial charge on any atom is -0.494 e. The van der Waals surface area contributed by atoms with Gasteiger partial charge in [-0.2, -0.15) is 5.10 Å². The molecule has 28 heavy (non-hydrogen) atoms. The van der Waals surface area contributed by atoms with E-state index in [9.17, 15) is 4.79 Å². The number of hydrogen-bond donors (Lipinski definition) is 0. The second kappa shape index (κ2) is 8.78. The zero-order valence-electron chi connectivity index (χ0n) is 16.7. The third kappa shape index (κ3) is 4.38. The van der Waals surface area contributed by atoms with Gasteiger partial charge in [0.2, 0.25) is 0 Å². The molecule has 0 bridgehead atoms. The second-order valence-electron chi connectivity index (χ2n) is 7.90. The largest absolute Gasteiger partial charge is 0.494 e. The van der Waals surface area contributed by atoms with Crippen molar-refractivity contribution < 1.29 is 9.53 Å². The Labute approximate surface area is 167 Å². The molecule has 1 aromatic carbocycles. The van der Waals surface area contributed by atoms with Crippen molar-refractivity contribution in [3.63, 3.8) is 0 Å². The lowest BCUT2D eigenvalue weighted by Gasteiger charge is -2.20. The third-order valence-corrected chi connectivity index (χ3v) is 5.87. The van der Waals surface area contributed by atoms with Crippen LogP contribution in [0.2, 0.25) is 0 Å². The van der Waals surface area contributed by atoms with Gasteiger partial charge in [0.15, 0.2) is 0 Å². The number of amides is 1. The molecule has 6 nitrogen and oxygen atoms in total. The molecule has 1 atom stereocenters. The zero-order valence-corrected chi connectivity index (χ0v) is 16.7. The van der Waals surface area contributed by atoms with Crippen molar-refractivity contribution in [2.24, 2.45) is 0 Å². The topological polar surface area (TPSA) is 50.6 Å². The van der Waals surface area contributed by atoms with E-state index in [-0.39, 0.29) is 5.91 Å². The molecule has 2 saturated heterocycles. The fraction of sp³-hybridized carbons (Fsp3) is 0.545. The molecule has 2 aromatic rings. The molecule has 0 spiro atoms. The number of benzene rings is 1.